The minimum atomic E-state index is -1.23. The van der Waals surface area contributed by atoms with Crippen molar-refractivity contribution in [2.75, 3.05) is 0 Å². The lowest BCUT2D eigenvalue weighted by Crippen LogP contribution is -2.13. The van der Waals surface area contributed by atoms with Gasteiger partial charge in [-0.05, 0) is 13.3 Å². The Bertz CT molecular complexity index is 618. The molecule has 0 aromatic heterocycles. The summed E-state index contributed by atoms with van der Waals surface area (Å²) in [5.74, 6) is -6.60. The first-order valence-corrected chi connectivity index (χ1v) is 10.4. The monoisotopic (exact) mass is 564 g/mol. The molecule has 0 bridgehead atoms. The van der Waals surface area contributed by atoms with Gasteiger partial charge in [0, 0.05) is 19.8 Å². The Balaban J connectivity index is -0.0000000601. The summed E-state index contributed by atoms with van der Waals surface area (Å²) in [6.45, 7) is 8.75. The Hall–Kier alpha value is -4.28. The highest BCUT2D eigenvalue weighted by Gasteiger charge is 2.01. The number of aliphatic hydroxyl groups is 1. The van der Waals surface area contributed by atoms with Crippen molar-refractivity contribution in [3.63, 3.8) is 0 Å². The Morgan fingerprint density at radius 1 is 0.632 bits per heavy atom. The number of carboxylic acid groups (broad SMARTS) is 8. The van der Waals surface area contributed by atoms with Gasteiger partial charge < -0.3 is 46.0 Å². The SMILES string of the molecule is CC(=O)O.CC(C)C(=O)O.CC(O)C(=O)O.CCC(=O)O.CCCC(=O)O.O=C(O)CCC(=O)O.O=CO. The quantitative estimate of drug-likeness (QED) is 0.187. The minimum absolute atomic E-state index is 0.222. The third kappa shape index (κ3) is 159. The van der Waals surface area contributed by atoms with Gasteiger partial charge in [-0.15, -0.1) is 0 Å². The fraction of sp³-hybridized carbons (Fsp3) is 0.619. The Labute approximate surface area is 219 Å². The lowest BCUT2D eigenvalue weighted by molar-refractivity contribution is -0.145. The molecule has 0 radical (unpaired) electrons. The van der Waals surface area contributed by atoms with E-state index in [-0.39, 0.29) is 31.7 Å². The van der Waals surface area contributed by atoms with Crippen molar-refractivity contribution in [1.82, 2.24) is 0 Å². The van der Waals surface area contributed by atoms with Gasteiger partial charge in [0.1, 0.15) is 6.10 Å². The van der Waals surface area contributed by atoms with Crippen LogP contribution in [0.4, 0.5) is 0 Å². The first kappa shape index (κ1) is 50.6. The molecule has 0 aromatic rings. The number of carboxylic acids is 7. The Kier molecular flexibility index (Phi) is 53.1. The molecule has 0 aromatic carbocycles. The van der Waals surface area contributed by atoms with Crippen molar-refractivity contribution in [3.8, 4) is 0 Å². The molecule has 0 aliphatic rings. The molecule has 9 N–H and O–H groups in total. The Morgan fingerprint density at radius 3 is 0.842 bits per heavy atom. The third-order valence-corrected chi connectivity index (χ3v) is 2.17. The topological polar surface area (TPSA) is 319 Å². The van der Waals surface area contributed by atoms with Crippen LogP contribution in [-0.4, -0.2) is 100 Å². The van der Waals surface area contributed by atoms with Gasteiger partial charge in [0.15, 0.2) is 0 Å². The smallest absolute Gasteiger partial charge is 0.332 e. The summed E-state index contributed by atoms with van der Waals surface area (Å²) in [5.41, 5.74) is 0. The van der Waals surface area contributed by atoms with E-state index in [1.54, 1.807) is 20.8 Å². The first-order valence-electron chi connectivity index (χ1n) is 10.4. The summed E-state index contributed by atoms with van der Waals surface area (Å²) in [6.07, 6.45) is -0.579. The van der Waals surface area contributed by atoms with Gasteiger partial charge in [-0.25, -0.2) is 4.79 Å². The van der Waals surface area contributed by atoms with E-state index in [1.165, 1.54) is 6.92 Å². The van der Waals surface area contributed by atoms with Crippen molar-refractivity contribution < 1.29 is 84.3 Å². The predicted molar refractivity (Wildman–Crippen MR) is 129 cm³/mol. The van der Waals surface area contributed by atoms with Crippen LogP contribution in [0.1, 0.15) is 73.6 Å². The average molecular weight is 565 g/mol. The molecule has 0 aliphatic carbocycles. The van der Waals surface area contributed by atoms with E-state index in [4.69, 9.17) is 55.5 Å². The molecule has 0 rings (SSSR count). The van der Waals surface area contributed by atoms with Gasteiger partial charge in [0.05, 0.1) is 18.8 Å². The summed E-state index contributed by atoms with van der Waals surface area (Å²) >= 11 is 0. The van der Waals surface area contributed by atoms with Crippen LogP contribution in [-0.2, 0) is 38.4 Å². The molecule has 0 heterocycles. The van der Waals surface area contributed by atoms with Gasteiger partial charge in [0.2, 0.25) is 0 Å². The van der Waals surface area contributed by atoms with Crippen LogP contribution in [0.15, 0.2) is 0 Å². The second kappa shape index (κ2) is 39.9. The summed E-state index contributed by atoms with van der Waals surface area (Å²) in [4.78, 5) is 74.8. The van der Waals surface area contributed by atoms with Crippen molar-refractivity contribution >= 4 is 48.3 Å². The van der Waals surface area contributed by atoms with Crippen molar-refractivity contribution in [2.24, 2.45) is 5.92 Å². The van der Waals surface area contributed by atoms with Gasteiger partial charge in [-0.1, -0.05) is 27.7 Å². The molecule has 17 heteroatoms. The van der Waals surface area contributed by atoms with Crippen LogP contribution in [0.5, 0.6) is 0 Å². The van der Waals surface area contributed by atoms with Crippen molar-refractivity contribution in [3.05, 3.63) is 0 Å². The van der Waals surface area contributed by atoms with Gasteiger partial charge >= 0.3 is 35.8 Å². The third-order valence-electron chi connectivity index (χ3n) is 2.17. The fourth-order valence-corrected chi connectivity index (χ4v) is 0.428. The van der Waals surface area contributed by atoms with Gasteiger partial charge in [-0.2, -0.15) is 0 Å². The van der Waals surface area contributed by atoms with Crippen LogP contribution < -0.4 is 0 Å². The molecule has 17 nitrogen and oxygen atoms in total. The highest BCUT2D eigenvalue weighted by atomic mass is 16.4. The highest BCUT2D eigenvalue weighted by Crippen LogP contribution is 1.87. The van der Waals surface area contributed by atoms with Crippen LogP contribution in [0.25, 0.3) is 0 Å². The lowest BCUT2D eigenvalue weighted by Gasteiger charge is -1.89. The molecule has 1 atom stereocenters. The summed E-state index contributed by atoms with van der Waals surface area (Å²) in [6, 6.07) is 0. The molecule has 0 saturated heterocycles. The lowest BCUT2D eigenvalue weighted by atomic mass is 10.2. The Morgan fingerprint density at radius 2 is 0.816 bits per heavy atom. The molecule has 0 amide bonds. The van der Waals surface area contributed by atoms with E-state index in [0.717, 1.165) is 13.3 Å². The number of hydrogen-bond acceptors (Lipinski definition) is 9. The van der Waals surface area contributed by atoms with E-state index in [9.17, 15) is 28.8 Å². The normalized spacial score (nSPS) is 8.63. The predicted octanol–water partition coefficient (Wildman–Crippen LogP) is 1.26. The van der Waals surface area contributed by atoms with Crippen molar-refractivity contribution in [1.29, 1.82) is 0 Å². The second-order valence-corrected chi connectivity index (χ2v) is 6.31. The second-order valence-electron chi connectivity index (χ2n) is 6.31. The number of aliphatic carboxylic acids is 7. The molecule has 226 valence electrons. The summed E-state index contributed by atoms with van der Waals surface area (Å²) in [7, 11) is 0. The number of aliphatic hydroxyl groups excluding tert-OH is 1. The van der Waals surface area contributed by atoms with E-state index in [1.807, 2.05) is 6.92 Å². The zero-order valence-corrected chi connectivity index (χ0v) is 22.1. The van der Waals surface area contributed by atoms with E-state index in [0.29, 0.717) is 6.42 Å². The van der Waals surface area contributed by atoms with E-state index >= 15 is 0 Å². The van der Waals surface area contributed by atoms with E-state index < -0.39 is 47.9 Å². The van der Waals surface area contributed by atoms with Gasteiger partial charge in [0.25, 0.3) is 12.4 Å². The molecular formula is C21H40O17. The largest absolute Gasteiger partial charge is 0.483 e. The van der Waals surface area contributed by atoms with Gasteiger partial charge in [-0.3, -0.25) is 33.6 Å². The molecule has 0 aliphatic heterocycles. The molecule has 38 heavy (non-hydrogen) atoms. The zero-order chi connectivity index (χ0) is 32.4. The molecule has 0 fully saturated rings. The maximum atomic E-state index is 9.70. The average Bonchev–Trinajstić information content (AvgIpc) is 2.74. The van der Waals surface area contributed by atoms with Crippen LogP contribution >= 0.6 is 0 Å². The maximum Gasteiger partial charge on any atom is 0.332 e. The zero-order valence-electron chi connectivity index (χ0n) is 22.1. The summed E-state index contributed by atoms with van der Waals surface area (Å²) < 4.78 is 0. The molecule has 0 saturated carbocycles. The van der Waals surface area contributed by atoms with Crippen LogP contribution in [0, 0.1) is 5.92 Å². The fourth-order valence-electron chi connectivity index (χ4n) is 0.428. The molecule has 0 spiro atoms. The van der Waals surface area contributed by atoms with E-state index in [2.05, 4.69) is 0 Å². The highest BCUT2D eigenvalue weighted by molar-refractivity contribution is 5.75. The maximum absolute atomic E-state index is 9.70. The molecular weight excluding hydrogens is 524 g/mol. The number of rotatable bonds is 8. The standard InChI is InChI=1S/C4H6O4.2C4H8O2.C3H6O3.C3H6O2.C2H4O2.CH2O2/c5-3(6)1-2-4(7)8;1-3(2)4(5)6;1-2-3-4(5)6;1-2(4)3(5)6;1-2-3(4)5;1-2(3)4;2-1-3/h1-2H2,(H,5,6)(H,7,8);3H,1-2H3,(H,5,6);2-3H2,1H3,(H,5,6);2,4H,1H3,(H,5,6);2H2,1H3,(H,4,5);1H3,(H,3,4);1H,(H,2,3). The van der Waals surface area contributed by atoms with Crippen molar-refractivity contribution in [2.45, 2.75) is 79.8 Å². The first-order chi connectivity index (χ1) is 17.1. The minimum Gasteiger partial charge on any atom is -0.483 e. The van der Waals surface area contributed by atoms with Crippen LogP contribution in [0.2, 0.25) is 0 Å². The van der Waals surface area contributed by atoms with Crippen LogP contribution in [0.3, 0.4) is 0 Å². The molecule has 1 unspecified atom stereocenters. The number of carbonyl (C=O) groups is 8. The number of hydrogen-bond donors (Lipinski definition) is 9. The summed E-state index contributed by atoms with van der Waals surface area (Å²) in [5, 5.41) is 69.5.